The van der Waals surface area contributed by atoms with Gasteiger partial charge in [0.05, 0.1) is 6.61 Å². The number of nitrogens with zero attached hydrogens (tertiary/aromatic N) is 1. The van der Waals surface area contributed by atoms with E-state index in [1.165, 1.54) is 10.9 Å². The maximum atomic E-state index is 11.2. The first-order valence-electron chi connectivity index (χ1n) is 7.17. The van der Waals surface area contributed by atoms with Gasteiger partial charge in [0.25, 0.3) is 0 Å². The summed E-state index contributed by atoms with van der Waals surface area (Å²) in [6, 6.07) is 8.25. The van der Waals surface area contributed by atoms with Gasteiger partial charge in [0, 0.05) is 37.1 Å². The quantitative estimate of drug-likeness (QED) is 0.843. The third-order valence-electron chi connectivity index (χ3n) is 3.30. The minimum absolute atomic E-state index is 0.0942. The van der Waals surface area contributed by atoms with E-state index >= 15 is 0 Å². The molecule has 0 saturated heterocycles. The van der Waals surface area contributed by atoms with Gasteiger partial charge in [0.2, 0.25) is 5.91 Å². The van der Waals surface area contributed by atoms with E-state index in [0.29, 0.717) is 6.42 Å². The number of fused-ring (bicyclic) bond motifs is 1. The van der Waals surface area contributed by atoms with E-state index in [1.54, 1.807) is 7.05 Å². The van der Waals surface area contributed by atoms with Gasteiger partial charge in [0.1, 0.15) is 5.75 Å². The largest absolute Gasteiger partial charge is 0.494 e. The first-order chi connectivity index (χ1) is 9.74. The van der Waals surface area contributed by atoms with Crippen molar-refractivity contribution in [1.29, 1.82) is 0 Å². The third-order valence-corrected chi connectivity index (χ3v) is 3.30. The molecule has 0 fully saturated rings. The van der Waals surface area contributed by atoms with Gasteiger partial charge in [-0.2, -0.15) is 0 Å². The molecule has 108 valence electrons. The SMILES string of the molecule is CCCOc1ccc2c(ccn2CCCC(=O)NC)c1. The fourth-order valence-corrected chi connectivity index (χ4v) is 2.22. The molecular formula is C16H22N2O2. The van der Waals surface area contributed by atoms with Crippen molar-refractivity contribution in [2.45, 2.75) is 32.7 Å². The highest BCUT2D eigenvalue weighted by molar-refractivity contribution is 5.81. The zero-order valence-electron chi connectivity index (χ0n) is 12.2. The highest BCUT2D eigenvalue weighted by Crippen LogP contribution is 2.22. The van der Waals surface area contributed by atoms with Gasteiger partial charge in [-0.25, -0.2) is 0 Å². The summed E-state index contributed by atoms with van der Waals surface area (Å²) < 4.78 is 7.82. The molecule has 0 unspecified atom stereocenters. The number of aromatic nitrogens is 1. The van der Waals surface area contributed by atoms with Crippen LogP contribution in [0.3, 0.4) is 0 Å². The molecule has 0 atom stereocenters. The average Bonchev–Trinajstić information content (AvgIpc) is 2.87. The summed E-state index contributed by atoms with van der Waals surface area (Å²) in [5.41, 5.74) is 1.19. The molecule has 1 heterocycles. The van der Waals surface area contributed by atoms with Crippen molar-refractivity contribution in [3.05, 3.63) is 30.5 Å². The Morgan fingerprint density at radius 1 is 1.35 bits per heavy atom. The monoisotopic (exact) mass is 274 g/mol. The van der Waals surface area contributed by atoms with Gasteiger partial charge in [-0.05, 0) is 37.1 Å². The zero-order valence-corrected chi connectivity index (χ0v) is 12.2. The Morgan fingerprint density at radius 2 is 2.20 bits per heavy atom. The summed E-state index contributed by atoms with van der Waals surface area (Å²) in [7, 11) is 1.67. The Bertz CT molecular complexity index is 575. The van der Waals surface area contributed by atoms with Gasteiger partial charge in [-0.3, -0.25) is 4.79 Å². The van der Waals surface area contributed by atoms with E-state index in [0.717, 1.165) is 31.7 Å². The Morgan fingerprint density at radius 3 is 2.95 bits per heavy atom. The second kappa shape index (κ2) is 6.98. The van der Waals surface area contributed by atoms with Crippen molar-refractivity contribution >= 4 is 16.8 Å². The second-order valence-electron chi connectivity index (χ2n) is 4.85. The average molecular weight is 274 g/mol. The maximum Gasteiger partial charge on any atom is 0.219 e. The molecule has 0 aliphatic heterocycles. The van der Waals surface area contributed by atoms with Gasteiger partial charge < -0.3 is 14.6 Å². The summed E-state index contributed by atoms with van der Waals surface area (Å²) in [4.78, 5) is 11.2. The van der Waals surface area contributed by atoms with Crippen LogP contribution in [0, 0.1) is 0 Å². The number of carbonyl (C=O) groups excluding carboxylic acids is 1. The Kier molecular flexibility index (Phi) is 5.04. The minimum atomic E-state index is 0.0942. The molecule has 1 amide bonds. The first kappa shape index (κ1) is 14.4. The summed E-state index contributed by atoms with van der Waals surface area (Å²) in [6.07, 6.45) is 4.49. The van der Waals surface area contributed by atoms with Crippen LogP contribution in [0.5, 0.6) is 5.75 Å². The lowest BCUT2D eigenvalue weighted by atomic mass is 10.2. The van der Waals surface area contributed by atoms with E-state index in [4.69, 9.17) is 4.74 Å². The van der Waals surface area contributed by atoms with Crippen LogP contribution in [0.25, 0.3) is 10.9 Å². The van der Waals surface area contributed by atoms with E-state index in [-0.39, 0.29) is 5.91 Å². The molecule has 1 aromatic carbocycles. The molecule has 4 heteroatoms. The first-order valence-corrected chi connectivity index (χ1v) is 7.17. The molecular weight excluding hydrogens is 252 g/mol. The van der Waals surface area contributed by atoms with Crippen LogP contribution in [0.1, 0.15) is 26.2 Å². The van der Waals surface area contributed by atoms with Crippen molar-refractivity contribution in [2.24, 2.45) is 0 Å². The highest BCUT2D eigenvalue weighted by Gasteiger charge is 2.04. The number of ether oxygens (including phenoxy) is 1. The van der Waals surface area contributed by atoms with Crippen molar-refractivity contribution in [3.8, 4) is 5.75 Å². The highest BCUT2D eigenvalue weighted by atomic mass is 16.5. The second-order valence-corrected chi connectivity index (χ2v) is 4.85. The van der Waals surface area contributed by atoms with Crippen LogP contribution in [-0.4, -0.2) is 24.1 Å². The predicted octanol–water partition coefficient (Wildman–Crippen LogP) is 2.96. The molecule has 0 aliphatic carbocycles. The summed E-state index contributed by atoms with van der Waals surface area (Å²) >= 11 is 0. The van der Waals surface area contributed by atoms with E-state index < -0.39 is 0 Å². The number of benzene rings is 1. The summed E-state index contributed by atoms with van der Waals surface area (Å²) in [5, 5.41) is 3.82. The smallest absolute Gasteiger partial charge is 0.219 e. The van der Waals surface area contributed by atoms with Gasteiger partial charge >= 0.3 is 0 Å². The zero-order chi connectivity index (χ0) is 14.4. The minimum Gasteiger partial charge on any atom is -0.494 e. The van der Waals surface area contributed by atoms with Gasteiger partial charge in [0.15, 0.2) is 0 Å². The standard InChI is InChI=1S/C16H22N2O2/c1-3-11-20-14-6-7-15-13(12-14)8-10-18(15)9-4-5-16(19)17-2/h6-8,10,12H,3-5,9,11H2,1-2H3,(H,17,19). The number of carbonyl (C=O) groups is 1. The maximum absolute atomic E-state index is 11.2. The van der Waals surface area contributed by atoms with Crippen LogP contribution >= 0.6 is 0 Å². The summed E-state index contributed by atoms with van der Waals surface area (Å²) in [6.45, 7) is 3.70. The van der Waals surface area contributed by atoms with Crippen molar-refractivity contribution in [1.82, 2.24) is 9.88 Å². The Balaban J connectivity index is 2.02. The van der Waals surface area contributed by atoms with Crippen LogP contribution in [0.4, 0.5) is 0 Å². The topological polar surface area (TPSA) is 43.3 Å². The molecule has 0 saturated carbocycles. The van der Waals surface area contributed by atoms with Crippen LogP contribution in [-0.2, 0) is 11.3 Å². The lowest BCUT2D eigenvalue weighted by Crippen LogP contribution is -2.17. The molecule has 0 aliphatic rings. The number of amides is 1. The van der Waals surface area contributed by atoms with Crippen LogP contribution < -0.4 is 10.1 Å². The molecule has 0 radical (unpaired) electrons. The fourth-order valence-electron chi connectivity index (χ4n) is 2.22. The van der Waals surface area contributed by atoms with Crippen molar-refractivity contribution in [3.63, 3.8) is 0 Å². The van der Waals surface area contributed by atoms with Crippen LogP contribution in [0.2, 0.25) is 0 Å². The molecule has 0 bridgehead atoms. The summed E-state index contributed by atoms with van der Waals surface area (Å²) in [5.74, 6) is 1.01. The van der Waals surface area contributed by atoms with Gasteiger partial charge in [-0.1, -0.05) is 6.92 Å². The van der Waals surface area contributed by atoms with Crippen molar-refractivity contribution in [2.75, 3.05) is 13.7 Å². The fraction of sp³-hybridized carbons (Fsp3) is 0.438. The molecule has 1 N–H and O–H groups in total. The van der Waals surface area contributed by atoms with Gasteiger partial charge in [-0.15, -0.1) is 0 Å². The Hall–Kier alpha value is -1.97. The third kappa shape index (κ3) is 3.53. The van der Waals surface area contributed by atoms with E-state index in [2.05, 4.69) is 41.2 Å². The van der Waals surface area contributed by atoms with Crippen molar-refractivity contribution < 1.29 is 9.53 Å². The molecule has 2 rings (SSSR count). The molecule has 1 aromatic heterocycles. The molecule has 0 spiro atoms. The van der Waals surface area contributed by atoms with E-state index in [9.17, 15) is 4.79 Å². The number of nitrogens with one attached hydrogen (secondary N) is 1. The molecule has 4 nitrogen and oxygen atoms in total. The Labute approximate surface area is 119 Å². The number of aryl methyl sites for hydroxylation is 1. The molecule has 2 aromatic rings. The number of hydrogen-bond acceptors (Lipinski definition) is 2. The molecule has 20 heavy (non-hydrogen) atoms. The van der Waals surface area contributed by atoms with E-state index in [1.807, 2.05) is 6.07 Å². The number of rotatable bonds is 7. The number of hydrogen-bond donors (Lipinski definition) is 1. The lowest BCUT2D eigenvalue weighted by molar-refractivity contribution is -0.120. The lowest BCUT2D eigenvalue weighted by Gasteiger charge is -2.07. The predicted molar refractivity (Wildman–Crippen MR) is 81.0 cm³/mol. The van der Waals surface area contributed by atoms with Crippen LogP contribution in [0.15, 0.2) is 30.5 Å². The normalized spacial score (nSPS) is 10.7.